The number of aryl methyl sites for hydroxylation is 1. The molecule has 0 aliphatic carbocycles. The molecule has 0 aliphatic heterocycles. The van der Waals surface area contributed by atoms with Gasteiger partial charge >= 0.3 is 0 Å². The van der Waals surface area contributed by atoms with E-state index < -0.39 is 10.0 Å². The quantitative estimate of drug-likeness (QED) is 0.639. The van der Waals surface area contributed by atoms with Crippen molar-refractivity contribution in [3.8, 4) is 0 Å². The van der Waals surface area contributed by atoms with Gasteiger partial charge < -0.3 is 0 Å². The molecule has 104 valence electrons. The highest BCUT2D eigenvalue weighted by atomic mass is 32.2. The highest BCUT2D eigenvalue weighted by Crippen LogP contribution is 2.15. The van der Waals surface area contributed by atoms with E-state index in [2.05, 4.69) is 10.1 Å². The number of hydrazone groups is 1. The number of aromatic nitrogens is 1. The normalized spacial score (nSPS) is 11.7. The van der Waals surface area contributed by atoms with Crippen molar-refractivity contribution in [1.29, 1.82) is 0 Å². The molecule has 6 heteroatoms. The lowest BCUT2D eigenvalue weighted by molar-refractivity contribution is 0.491. The Kier molecular flexibility index (Phi) is 4.14. The van der Waals surface area contributed by atoms with E-state index in [4.69, 9.17) is 0 Å². The van der Waals surface area contributed by atoms with Crippen molar-refractivity contribution in [1.82, 2.24) is 9.40 Å². The van der Waals surface area contributed by atoms with Crippen LogP contribution in [0.2, 0.25) is 0 Å². The van der Waals surface area contributed by atoms with E-state index in [1.807, 2.05) is 13.0 Å². The van der Waals surface area contributed by atoms with Gasteiger partial charge in [-0.15, -0.1) is 0 Å². The fourth-order valence-corrected chi connectivity index (χ4v) is 2.47. The molecule has 0 saturated heterocycles. The van der Waals surface area contributed by atoms with Crippen LogP contribution in [0.15, 0.2) is 58.7 Å². The van der Waals surface area contributed by atoms with Gasteiger partial charge in [0.25, 0.3) is 10.0 Å². The molecule has 0 saturated carbocycles. The van der Waals surface area contributed by atoms with Gasteiger partial charge in [-0.05, 0) is 31.2 Å². The van der Waals surface area contributed by atoms with Crippen molar-refractivity contribution in [2.24, 2.45) is 5.10 Å². The maximum absolute atomic E-state index is 12.3. The second-order valence-electron chi connectivity index (χ2n) is 4.25. The van der Waals surface area contributed by atoms with Gasteiger partial charge in [-0.1, -0.05) is 23.8 Å². The molecule has 2 aromatic rings. The summed E-state index contributed by atoms with van der Waals surface area (Å²) in [5.41, 5.74) is 1.60. The number of hydrogen-bond acceptors (Lipinski definition) is 4. The molecule has 2 rings (SSSR count). The largest absolute Gasteiger partial charge is 0.278 e. The second kappa shape index (κ2) is 5.83. The number of sulfonamides is 1. The molecular formula is C14H15N3O2S. The molecule has 1 heterocycles. The van der Waals surface area contributed by atoms with Crippen LogP contribution in [0.3, 0.4) is 0 Å². The maximum Gasteiger partial charge on any atom is 0.278 e. The zero-order valence-corrected chi connectivity index (χ0v) is 12.1. The number of nitrogens with zero attached hydrogens (tertiary/aromatic N) is 3. The van der Waals surface area contributed by atoms with Gasteiger partial charge in [0.15, 0.2) is 0 Å². The summed E-state index contributed by atoms with van der Waals surface area (Å²) >= 11 is 0. The van der Waals surface area contributed by atoms with Crippen LogP contribution in [0.4, 0.5) is 0 Å². The SMILES string of the molecule is Cc1ccc(S(=O)(=O)N(C)/N=C/c2ccccn2)cc1. The predicted octanol–water partition coefficient (Wildman–Crippen LogP) is 2.04. The first-order valence-corrected chi connectivity index (χ1v) is 7.45. The van der Waals surface area contributed by atoms with Crippen molar-refractivity contribution in [3.63, 3.8) is 0 Å². The summed E-state index contributed by atoms with van der Waals surface area (Å²) in [4.78, 5) is 4.26. The summed E-state index contributed by atoms with van der Waals surface area (Å²) in [6.07, 6.45) is 3.03. The topological polar surface area (TPSA) is 62.6 Å². The van der Waals surface area contributed by atoms with Gasteiger partial charge in [0, 0.05) is 13.2 Å². The molecule has 0 amide bonds. The maximum atomic E-state index is 12.3. The average Bonchev–Trinajstić information content (AvgIpc) is 2.46. The van der Waals surface area contributed by atoms with Gasteiger partial charge in [0.1, 0.15) is 0 Å². The standard InChI is InChI=1S/C14H15N3O2S/c1-12-6-8-14(9-7-12)20(18,19)17(2)16-11-13-5-3-4-10-15-13/h3-11H,1-2H3/b16-11+. The van der Waals surface area contributed by atoms with Gasteiger partial charge in [0.05, 0.1) is 16.8 Å². The third-order valence-corrected chi connectivity index (χ3v) is 4.36. The first kappa shape index (κ1) is 14.2. The number of rotatable bonds is 4. The number of pyridine rings is 1. The highest BCUT2D eigenvalue weighted by Gasteiger charge is 2.18. The molecule has 20 heavy (non-hydrogen) atoms. The Morgan fingerprint density at radius 1 is 1.15 bits per heavy atom. The van der Waals surface area contributed by atoms with Gasteiger partial charge in [-0.2, -0.15) is 17.9 Å². The van der Waals surface area contributed by atoms with Crippen molar-refractivity contribution in [3.05, 3.63) is 59.9 Å². The lowest BCUT2D eigenvalue weighted by Gasteiger charge is -2.13. The minimum absolute atomic E-state index is 0.212. The van der Waals surface area contributed by atoms with Crippen LogP contribution >= 0.6 is 0 Å². The Morgan fingerprint density at radius 2 is 1.85 bits per heavy atom. The monoisotopic (exact) mass is 289 g/mol. The van der Waals surface area contributed by atoms with Crippen LogP contribution in [0.1, 0.15) is 11.3 Å². The summed E-state index contributed by atoms with van der Waals surface area (Å²) in [5, 5.41) is 3.92. The number of hydrogen-bond donors (Lipinski definition) is 0. The van der Waals surface area contributed by atoms with Crippen molar-refractivity contribution in [2.45, 2.75) is 11.8 Å². The Bertz CT molecular complexity index is 695. The van der Waals surface area contributed by atoms with Crippen LogP contribution in [-0.4, -0.2) is 31.1 Å². The smallest absolute Gasteiger partial charge is 0.255 e. The van der Waals surface area contributed by atoms with Crippen molar-refractivity contribution >= 4 is 16.2 Å². The molecule has 0 unspecified atom stereocenters. The van der Waals surface area contributed by atoms with E-state index in [1.54, 1.807) is 42.6 Å². The molecule has 1 aromatic heterocycles. The fraction of sp³-hybridized carbons (Fsp3) is 0.143. The molecule has 5 nitrogen and oxygen atoms in total. The van der Waals surface area contributed by atoms with Crippen molar-refractivity contribution < 1.29 is 8.42 Å². The molecule has 0 radical (unpaired) electrons. The summed E-state index contributed by atoms with van der Waals surface area (Å²) in [6.45, 7) is 1.90. The van der Waals surface area contributed by atoms with E-state index in [0.717, 1.165) is 9.98 Å². The lowest BCUT2D eigenvalue weighted by Crippen LogP contribution is -2.21. The van der Waals surface area contributed by atoms with E-state index in [0.29, 0.717) is 5.69 Å². The van der Waals surface area contributed by atoms with E-state index >= 15 is 0 Å². The fourth-order valence-electron chi connectivity index (χ4n) is 1.52. The molecule has 0 fully saturated rings. The Balaban J connectivity index is 2.21. The van der Waals surface area contributed by atoms with Crippen LogP contribution in [0.25, 0.3) is 0 Å². The summed E-state index contributed by atoms with van der Waals surface area (Å²) < 4.78 is 25.4. The zero-order chi connectivity index (χ0) is 14.6. The van der Waals surface area contributed by atoms with Crippen LogP contribution < -0.4 is 0 Å². The van der Waals surface area contributed by atoms with Crippen molar-refractivity contribution in [2.75, 3.05) is 7.05 Å². The van der Waals surface area contributed by atoms with E-state index in [1.165, 1.54) is 13.3 Å². The van der Waals surface area contributed by atoms with Gasteiger partial charge in [-0.3, -0.25) is 4.98 Å². The minimum Gasteiger partial charge on any atom is -0.255 e. The first-order chi connectivity index (χ1) is 9.50. The summed E-state index contributed by atoms with van der Waals surface area (Å²) in [7, 11) is -2.22. The summed E-state index contributed by atoms with van der Waals surface area (Å²) in [5.74, 6) is 0. The lowest BCUT2D eigenvalue weighted by atomic mass is 10.2. The molecule has 1 aromatic carbocycles. The van der Waals surface area contributed by atoms with Crippen LogP contribution in [0, 0.1) is 6.92 Å². The molecule has 0 atom stereocenters. The van der Waals surface area contributed by atoms with Crippen LogP contribution in [0.5, 0.6) is 0 Å². The third kappa shape index (κ3) is 3.21. The van der Waals surface area contributed by atoms with Crippen LogP contribution in [-0.2, 0) is 10.0 Å². The molecule has 0 N–H and O–H groups in total. The Morgan fingerprint density at radius 3 is 2.45 bits per heavy atom. The molecule has 0 spiro atoms. The Labute approximate surface area is 118 Å². The predicted molar refractivity (Wildman–Crippen MR) is 78.0 cm³/mol. The van der Waals surface area contributed by atoms with E-state index in [-0.39, 0.29) is 4.90 Å². The molecular weight excluding hydrogens is 274 g/mol. The second-order valence-corrected chi connectivity index (χ2v) is 6.20. The van der Waals surface area contributed by atoms with Gasteiger partial charge in [0.2, 0.25) is 0 Å². The molecule has 0 bridgehead atoms. The zero-order valence-electron chi connectivity index (χ0n) is 11.3. The highest BCUT2D eigenvalue weighted by molar-refractivity contribution is 7.89. The first-order valence-electron chi connectivity index (χ1n) is 6.01. The minimum atomic E-state index is -3.62. The van der Waals surface area contributed by atoms with E-state index in [9.17, 15) is 8.42 Å². The summed E-state index contributed by atoms with van der Waals surface area (Å²) in [6, 6.07) is 12.0. The number of benzene rings is 1. The third-order valence-electron chi connectivity index (χ3n) is 2.71. The Hall–Kier alpha value is -2.21. The average molecular weight is 289 g/mol. The molecule has 0 aliphatic rings. The van der Waals surface area contributed by atoms with Gasteiger partial charge in [-0.25, -0.2) is 0 Å².